The van der Waals surface area contributed by atoms with Crippen molar-refractivity contribution >= 4 is 21.4 Å². The van der Waals surface area contributed by atoms with Crippen molar-refractivity contribution in [3.05, 3.63) is 48.0 Å². The average molecular weight is 478 g/mol. The van der Waals surface area contributed by atoms with Gasteiger partial charge in [0.15, 0.2) is 11.5 Å². The fourth-order valence-electron chi connectivity index (χ4n) is 2.83. The van der Waals surface area contributed by atoms with Gasteiger partial charge < -0.3 is 14.8 Å². The minimum atomic E-state index is -4.89. The molecule has 0 fully saturated rings. The zero-order valence-corrected chi connectivity index (χ0v) is 18.0. The molecule has 1 amide bonds. The van der Waals surface area contributed by atoms with Crippen LogP contribution in [0.2, 0.25) is 0 Å². The van der Waals surface area contributed by atoms with Gasteiger partial charge in [0, 0.05) is 6.54 Å². The minimum absolute atomic E-state index is 0.120. The molecule has 32 heavy (non-hydrogen) atoms. The summed E-state index contributed by atoms with van der Waals surface area (Å²) >= 11 is 0. The summed E-state index contributed by atoms with van der Waals surface area (Å²) in [6, 6.07) is 9.23. The molecule has 0 radical (unpaired) electrons. The highest BCUT2D eigenvalue weighted by molar-refractivity contribution is 7.91. The second-order valence-corrected chi connectivity index (χ2v) is 8.50. The van der Waals surface area contributed by atoms with Crippen LogP contribution in [0, 0.1) is 0 Å². The molecule has 2 aromatic carbocycles. The van der Waals surface area contributed by atoms with Gasteiger partial charge in [-0.1, -0.05) is 18.2 Å². The zero-order chi connectivity index (χ0) is 23.9. The topological polar surface area (TPSA) is 84.9 Å². The summed E-state index contributed by atoms with van der Waals surface area (Å²) in [5, 5.41) is 2.33. The Labute approximate surface area is 182 Å². The normalized spacial score (nSPS) is 11.8. The summed E-state index contributed by atoms with van der Waals surface area (Å²) in [7, 11) is -3.31. The summed E-state index contributed by atoms with van der Waals surface area (Å²) < 4.78 is 84.1. The fourth-order valence-corrected chi connectivity index (χ4v) is 3.71. The first-order valence-corrected chi connectivity index (χ1v) is 10.9. The fraction of sp³-hybridized carbons (Fsp3) is 0.350. The lowest BCUT2D eigenvalue weighted by Crippen LogP contribution is -2.30. The number of benzene rings is 2. The maximum absolute atomic E-state index is 12.9. The van der Waals surface area contributed by atoms with E-state index < -0.39 is 33.0 Å². The van der Waals surface area contributed by atoms with Crippen molar-refractivity contribution in [2.75, 3.05) is 25.5 Å². The van der Waals surface area contributed by atoms with Crippen molar-refractivity contribution in [2.24, 2.45) is 0 Å². The van der Waals surface area contributed by atoms with Crippen LogP contribution in [0.5, 0.6) is 11.5 Å². The molecule has 1 N–H and O–H groups in total. The number of amides is 1. The molecule has 0 unspecified atom stereocenters. The molecule has 7 nitrogen and oxygen atoms in total. The van der Waals surface area contributed by atoms with Crippen molar-refractivity contribution < 1.29 is 40.2 Å². The molecule has 0 aliphatic carbocycles. The van der Waals surface area contributed by atoms with Crippen molar-refractivity contribution in [1.82, 2.24) is 4.90 Å². The molecule has 0 spiro atoms. The number of carbonyl (C=O) groups is 1. The van der Waals surface area contributed by atoms with E-state index in [1.807, 2.05) is 0 Å². The van der Waals surface area contributed by atoms with Crippen molar-refractivity contribution in [3.8, 4) is 11.5 Å². The molecule has 0 aliphatic rings. The highest BCUT2D eigenvalue weighted by atomic mass is 32.2. The van der Waals surface area contributed by atoms with Crippen LogP contribution in [0.15, 0.2) is 47.4 Å². The first kappa shape index (κ1) is 25.4. The molecule has 2 rings (SSSR count). The van der Waals surface area contributed by atoms with E-state index in [2.05, 4.69) is 10.1 Å². The van der Waals surface area contributed by atoms with Gasteiger partial charge in [0.2, 0.25) is 15.7 Å². The van der Waals surface area contributed by atoms with Crippen LogP contribution in [0.25, 0.3) is 0 Å². The van der Waals surface area contributed by atoms with Crippen LogP contribution in [-0.2, 0) is 21.2 Å². The summed E-state index contributed by atoms with van der Waals surface area (Å²) in [5.41, 5.74) is 0.379. The first-order valence-electron chi connectivity index (χ1n) is 9.34. The molecule has 0 bridgehead atoms. The van der Waals surface area contributed by atoms with E-state index in [0.717, 1.165) is 6.07 Å². The maximum atomic E-state index is 12.9. The van der Waals surface area contributed by atoms with Crippen LogP contribution in [0.1, 0.15) is 12.5 Å². The first-order chi connectivity index (χ1) is 15.0. The number of rotatable bonds is 11. The smallest absolute Gasteiger partial charge is 0.387 e. The van der Waals surface area contributed by atoms with E-state index >= 15 is 0 Å². The Morgan fingerprint density at radius 3 is 2.41 bits per heavy atom. The van der Waals surface area contributed by atoms with Crippen molar-refractivity contribution in [1.29, 1.82) is 0 Å². The van der Waals surface area contributed by atoms with E-state index in [1.54, 1.807) is 18.9 Å². The van der Waals surface area contributed by atoms with Crippen molar-refractivity contribution in [3.63, 3.8) is 0 Å². The molecule has 2 aromatic rings. The van der Waals surface area contributed by atoms with Gasteiger partial charge in [-0.3, -0.25) is 9.69 Å². The number of likely N-dealkylation sites (N-methyl/N-ethyl adjacent to an activating group) is 1. The SMILES string of the molecule is CCOc1cc(CN(C)CC(=O)Nc2ccccc2S(=O)(=O)C(F)F)ccc1OC(F)F. The molecular weight excluding hydrogens is 456 g/mol. The van der Waals surface area contributed by atoms with Gasteiger partial charge in [0.05, 0.1) is 23.7 Å². The molecule has 0 aliphatic heterocycles. The van der Waals surface area contributed by atoms with Crippen LogP contribution in [0.4, 0.5) is 23.2 Å². The van der Waals surface area contributed by atoms with Gasteiger partial charge in [-0.05, 0) is 43.8 Å². The van der Waals surface area contributed by atoms with Gasteiger partial charge in [-0.2, -0.15) is 17.6 Å². The summed E-state index contributed by atoms with van der Waals surface area (Å²) in [5.74, 6) is -4.26. The van der Waals surface area contributed by atoms with Gasteiger partial charge in [0.1, 0.15) is 0 Å². The Balaban J connectivity index is 2.08. The second kappa shape index (κ2) is 11.1. The molecule has 0 aromatic heterocycles. The lowest BCUT2D eigenvalue weighted by Gasteiger charge is -2.19. The van der Waals surface area contributed by atoms with Gasteiger partial charge in [0.25, 0.3) is 0 Å². The molecular formula is C20H22F4N2O5S. The zero-order valence-electron chi connectivity index (χ0n) is 17.2. The highest BCUT2D eigenvalue weighted by Crippen LogP contribution is 2.30. The lowest BCUT2D eigenvalue weighted by molar-refractivity contribution is -0.117. The molecule has 0 heterocycles. The molecule has 12 heteroatoms. The van der Waals surface area contributed by atoms with E-state index in [-0.39, 0.29) is 36.9 Å². The molecule has 0 saturated heterocycles. The number of carbonyl (C=O) groups excluding carboxylic acids is 1. The van der Waals surface area contributed by atoms with Crippen LogP contribution < -0.4 is 14.8 Å². The minimum Gasteiger partial charge on any atom is -0.490 e. The van der Waals surface area contributed by atoms with Crippen LogP contribution >= 0.6 is 0 Å². The summed E-state index contributed by atoms with van der Waals surface area (Å²) in [4.78, 5) is 13.2. The standard InChI is InChI=1S/C20H22F4N2O5S/c1-3-30-16-10-13(8-9-15(16)31-19(21)22)11-26(2)12-18(27)25-14-6-4-5-7-17(14)32(28,29)20(23)24/h4-10,19-20H,3,11-12H2,1-2H3,(H,25,27). The largest absolute Gasteiger partial charge is 0.490 e. The number of ether oxygens (including phenoxy) is 2. The Bertz CT molecular complexity index is 1030. The average Bonchev–Trinajstić information content (AvgIpc) is 2.69. The number of nitrogens with one attached hydrogen (secondary N) is 1. The number of halogens is 4. The maximum Gasteiger partial charge on any atom is 0.387 e. The van der Waals surface area contributed by atoms with Gasteiger partial charge in [-0.25, -0.2) is 8.42 Å². The Morgan fingerprint density at radius 2 is 1.78 bits per heavy atom. The third-order valence-corrected chi connectivity index (χ3v) is 5.53. The number of hydrogen-bond donors (Lipinski definition) is 1. The number of alkyl halides is 4. The summed E-state index contributed by atoms with van der Waals surface area (Å²) in [6.07, 6.45) is 0. The van der Waals surface area contributed by atoms with E-state index in [1.165, 1.54) is 36.4 Å². The number of anilines is 1. The number of hydrogen-bond acceptors (Lipinski definition) is 6. The van der Waals surface area contributed by atoms with E-state index in [4.69, 9.17) is 4.74 Å². The van der Waals surface area contributed by atoms with E-state index in [0.29, 0.717) is 5.56 Å². The van der Waals surface area contributed by atoms with E-state index in [9.17, 15) is 30.8 Å². The predicted octanol–water partition coefficient (Wildman–Crippen LogP) is 3.75. The Kier molecular flexibility index (Phi) is 8.84. The second-order valence-electron chi connectivity index (χ2n) is 6.61. The molecule has 0 saturated carbocycles. The Hall–Kier alpha value is -2.86. The van der Waals surface area contributed by atoms with Crippen LogP contribution in [-0.4, -0.2) is 51.8 Å². The van der Waals surface area contributed by atoms with Crippen molar-refractivity contribution in [2.45, 2.75) is 30.7 Å². The van der Waals surface area contributed by atoms with Gasteiger partial charge in [-0.15, -0.1) is 0 Å². The monoisotopic (exact) mass is 478 g/mol. The van der Waals surface area contributed by atoms with Gasteiger partial charge >= 0.3 is 12.4 Å². The number of para-hydroxylation sites is 1. The highest BCUT2D eigenvalue weighted by Gasteiger charge is 2.29. The number of sulfone groups is 1. The van der Waals surface area contributed by atoms with Crippen LogP contribution in [0.3, 0.4) is 0 Å². The Morgan fingerprint density at radius 1 is 1.09 bits per heavy atom. The summed E-state index contributed by atoms with van der Waals surface area (Å²) in [6.45, 7) is -1.10. The molecule has 0 atom stereocenters. The lowest BCUT2D eigenvalue weighted by atomic mass is 10.2. The predicted molar refractivity (Wildman–Crippen MR) is 109 cm³/mol. The number of nitrogens with zero attached hydrogens (tertiary/aromatic N) is 1. The molecule has 176 valence electrons. The third-order valence-electron chi connectivity index (χ3n) is 4.09. The quantitative estimate of drug-likeness (QED) is 0.495. The third kappa shape index (κ3) is 6.82.